The lowest BCUT2D eigenvalue weighted by Gasteiger charge is -2.05. The van der Waals surface area contributed by atoms with Crippen molar-refractivity contribution in [2.45, 2.75) is 13.3 Å². The third-order valence-corrected chi connectivity index (χ3v) is 3.22. The van der Waals surface area contributed by atoms with Crippen LogP contribution in [0.2, 0.25) is 0 Å². The van der Waals surface area contributed by atoms with Gasteiger partial charge in [0, 0.05) is 23.9 Å². The third kappa shape index (κ3) is 5.09. The predicted molar refractivity (Wildman–Crippen MR) is 69.4 cm³/mol. The highest BCUT2D eigenvalue weighted by atomic mass is 32.2. The van der Waals surface area contributed by atoms with E-state index in [1.54, 1.807) is 24.3 Å². The van der Waals surface area contributed by atoms with Crippen molar-refractivity contribution in [3.05, 3.63) is 29.8 Å². The summed E-state index contributed by atoms with van der Waals surface area (Å²) in [5.74, 6) is -0.592. The molecular weight excluding hydrogens is 254 g/mol. The van der Waals surface area contributed by atoms with Crippen LogP contribution in [0.15, 0.2) is 24.3 Å². The minimum absolute atomic E-state index is 0.0510. The number of hydrogen-bond donors (Lipinski definition) is 1. The maximum Gasteiger partial charge on any atom is 0.225 e. The number of hydrogen-bond acceptors (Lipinski definition) is 4. The Morgan fingerprint density at radius 3 is 2.17 bits per heavy atom. The fourth-order valence-electron chi connectivity index (χ4n) is 1.29. The Labute approximate surface area is 106 Å². The summed E-state index contributed by atoms with van der Waals surface area (Å²) < 4.78 is 21.8. The molecule has 5 nitrogen and oxygen atoms in total. The SMILES string of the molecule is CC(=O)c1ccc(NC(=O)CCS(C)(=O)=O)cc1. The first kappa shape index (κ1) is 14.4. The minimum Gasteiger partial charge on any atom is -0.326 e. The van der Waals surface area contributed by atoms with Crippen molar-refractivity contribution in [1.29, 1.82) is 0 Å². The van der Waals surface area contributed by atoms with E-state index in [-0.39, 0.29) is 23.9 Å². The first-order valence-electron chi connectivity index (χ1n) is 5.36. The predicted octanol–water partition coefficient (Wildman–Crippen LogP) is 1.26. The molecule has 0 spiro atoms. The summed E-state index contributed by atoms with van der Waals surface area (Å²) in [5, 5.41) is 2.57. The van der Waals surface area contributed by atoms with E-state index in [2.05, 4.69) is 5.32 Å². The molecule has 98 valence electrons. The normalized spacial score (nSPS) is 11.0. The Balaban J connectivity index is 2.57. The van der Waals surface area contributed by atoms with Gasteiger partial charge in [0.2, 0.25) is 5.91 Å². The Hall–Kier alpha value is -1.69. The molecule has 1 aromatic rings. The highest BCUT2D eigenvalue weighted by molar-refractivity contribution is 7.90. The largest absolute Gasteiger partial charge is 0.326 e. The van der Waals surface area contributed by atoms with E-state index in [9.17, 15) is 18.0 Å². The molecule has 0 bridgehead atoms. The molecule has 0 aliphatic heterocycles. The van der Waals surface area contributed by atoms with Crippen molar-refractivity contribution in [2.24, 2.45) is 0 Å². The summed E-state index contributed by atoms with van der Waals surface area (Å²) >= 11 is 0. The number of amides is 1. The van der Waals surface area contributed by atoms with E-state index in [4.69, 9.17) is 0 Å². The lowest BCUT2D eigenvalue weighted by atomic mass is 10.1. The molecular formula is C12H15NO4S. The van der Waals surface area contributed by atoms with Gasteiger partial charge < -0.3 is 5.32 Å². The molecule has 0 heterocycles. The molecule has 1 N–H and O–H groups in total. The quantitative estimate of drug-likeness (QED) is 0.816. The van der Waals surface area contributed by atoms with Crippen molar-refractivity contribution in [1.82, 2.24) is 0 Å². The molecule has 0 atom stereocenters. The summed E-state index contributed by atoms with van der Waals surface area (Å²) in [5.41, 5.74) is 1.10. The second kappa shape index (κ2) is 5.77. The Kier molecular flexibility index (Phi) is 4.61. The molecule has 1 aromatic carbocycles. The average Bonchev–Trinajstić information content (AvgIpc) is 2.26. The lowest BCUT2D eigenvalue weighted by molar-refractivity contribution is -0.115. The van der Waals surface area contributed by atoms with Crippen LogP contribution in [-0.2, 0) is 14.6 Å². The Morgan fingerprint density at radius 1 is 1.17 bits per heavy atom. The molecule has 0 aromatic heterocycles. The van der Waals surface area contributed by atoms with Crippen molar-refractivity contribution < 1.29 is 18.0 Å². The van der Waals surface area contributed by atoms with Gasteiger partial charge in [-0.1, -0.05) is 0 Å². The summed E-state index contributed by atoms with van der Waals surface area (Å²) in [6.45, 7) is 1.46. The molecule has 0 radical (unpaired) electrons. The topological polar surface area (TPSA) is 80.3 Å². The van der Waals surface area contributed by atoms with Crippen molar-refractivity contribution in [2.75, 3.05) is 17.3 Å². The lowest BCUT2D eigenvalue weighted by Crippen LogP contribution is -2.16. The van der Waals surface area contributed by atoms with E-state index in [0.717, 1.165) is 6.26 Å². The van der Waals surface area contributed by atoms with Gasteiger partial charge >= 0.3 is 0 Å². The highest BCUT2D eigenvalue weighted by Gasteiger charge is 2.08. The standard InChI is InChI=1S/C12H15NO4S/c1-9(14)10-3-5-11(6-4-10)13-12(15)7-8-18(2,16)17/h3-6H,7-8H2,1-2H3,(H,13,15). The van der Waals surface area contributed by atoms with Crippen LogP contribution in [-0.4, -0.2) is 32.1 Å². The molecule has 0 saturated heterocycles. The van der Waals surface area contributed by atoms with Gasteiger partial charge in [-0.3, -0.25) is 9.59 Å². The smallest absolute Gasteiger partial charge is 0.225 e. The van der Waals surface area contributed by atoms with Gasteiger partial charge in [0.1, 0.15) is 9.84 Å². The third-order valence-electron chi connectivity index (χ3n) is 2.28. The van der Waals surface area contributed by atoms with Gasteiger partial charge in [-0.2, -0.15) is 0 Å². The number of ketones is 1. The number of benzene rings is 1. The van der Waals surface area contributed by atoms with Crippen LogP contribution in [0.1, 0.15) is 23.7 Å². The maximum atomic E-state index is 11.4. The summed E-state index contributed by atoms with van der Waals surface area (Å²) in [7, 11) is -3.13. The number of rotatable bonds is 5. The number of carbonyl (C=O) groups excluding carboxylic acids is 2. The summed E-state index contributed by atoms with van der Waals surface area (Å²) in [6.07, 6.45) is 1.01. The van der Waals surface area contributed by atoms with Gasteiger partial charge in [0.15, 0.2) is 5.78 Å². The molecule has 1 amide bonds. The van der Waals surface area contributed by atoms with E-state index < -0.39 is 9.84 Å². The van der Waals surface area contributed by atoms with Gasteiger partial charge in [0.05, 0.1) is 5.75 Å². The fraction of sp³-hybridized carbons (Fsp3) is 0.333. The van der Waals surface area contributed by atoms with E-state index >= 15 is 0 Å². The van der Waals surface area contributed by atoms with Crippen LogP contribution in [0.5, 0.6) is 0 Å². The molecule has 0 aliphatic rings. The molecule has 0 fully saturated rings. The zero-order valence-electron chi connectivity index (χ0n) is 10.3. The van der Waals surface area contributed by atoms with Crippen molar-refractivity contribution >= 4 is 27.2 Å². The fourth-order valence-corrected chi connectivity index (χ4v) is 1.85. The maximum absolute atomic E-state index is 11.4. The zero-order valence-corrected chi connectivity index (χ0v) is 11.1. The van der Waals surface area contributed by atoms with Crippen LogP contribution in [0, 0.1) is 0 Å². The summed E-state index contributed by atoms with van der Waals surface area (Å²) in [6, 6.07) is 6.42. The summed E-state index contributed by atoms with van der Waals surface area (Å²) in [4.78, 5) is 22.5. The second-order valence-electron chi connectivity index (χ2n) is 4.06. The average molecular weight is 269 g/mol. The highest BCUT2D eigenvalue weighted by Crippen LogP contribution is 2.10. The van der Waals surface area contributed by atoms with E-state index in [0.29, 0.717) is 11.3 Å². The van der Waals surface area contributed by atoms with E-state index in [1.165, 1.54) is 6.92 Å². The van der Waals surface area contributed by atoms with Gasteiger partial charge in [-0.15, -0.1) is 0 Å². The van der Waals surface area contributed by atoms with Crippen LogP contribution >= 0.6 is 0 Å². The molecule has 6 heteroatoms. The first-order valence-corrected chi connectivity index (χ1v) is 7.42. The van der Waals surface area contributed by atoms with Gasteiger partial charge in [-0.05, 0) is 31.2 Å². The molecule has 0 saturated carbocycles. The molecule has 0 aliphatic carbocycles. The Bertz CT molecular complexity index is 546. The number of Topliss-reactive ketones (excluding diaryl/α,β-unsaturated/α-hetero) is 1. The monoisotopic (exact) mass is 269 g/mol. The van der Waals surface area contributed by atoms with Crippen LogP contribution in [0.25, 0.3) is 0 Å². The van der Waals surface area contributed by atoms with Crippen molar-refractivity contribution in [3.8, 4) is 0 Å². The number of anilines is 1. The zero-order chi connectivity index (χ0) is 13.8. The molecule has 18 heavy (non-hydrogen) atoms. The van der Waals surface area contributed by atoms with Crippen LogP contribution in [0.4, 0.5) is 5.69 Å². The van der Waals surface area contributed by atoms with Gasteiger partial charge in [-0.25, -0.2) is 8.42 Å². The molecule has 1 rings (SSSR count). The number of carbonyl (C=O) groups is 2. The van der Waals surface area contributed by atoms with Gasteiger partial charge in [0.25, 0.3) is 0 Å². The van der Waals surface area contributed by atoms with Crippen molar-refractivity contribution in [3.63, 3.8) is 0 Å². The Morgan fingerprint density at radius 2 is 1.72 bits per heavy atom. The second-order valence-corrected chi connectivity index (χ2v) is 6.32. The van der Waals surface area contributed by atoms with E-state index in [1.807, 2.05) is 0 Å². The minimum atomic E-state index is -3.13. The first-order chi connectivity index (χ1) is 8.28. The van der Waals surface area contributed by atoms with Crippen LogP contribution in [0.3, 0.4) is 0 Å². The number of sulfone groups is 1. The van der Waals surface area contributed by atoms with Crippen LogP contribution < -0.4 is 5.32 Å². The molecule has 0 unspecified atom stereocenters. The number of nitrogens with one attached hydrogen (secondary N) is 1.